The van der Waals surface area contributed by atoms with Crippen molar-refractivity contribution in [3.63, 3.8) is 0 Å². The minimum Gasteiger partial charge on any atom is -0.496 e. The topological polar surface area (TPSA) is 50.9 Å². The summed E-state index contributed by atoms with van der Waals surface area (Å²) in [5.74, 6) is 0.797. The first-order valence-electron chi connectivity index (χ1n) is 6.50. The molecule has 1 aliphatic carbocycles. The van der Waals surface area contributed by atoms with Gasteiger partial charge in [0.15, 0.2) is 5.96 Å². The molecule has 1 fully saturated rings. The molecular weight excluding hydrogens is 245 g/mol. The number of aliphatic imine (C=N–C) groups is 1. The predicted octanol–water partition coefficient (Wildman–Crippen LogP) is 1.84. The number of nitrogens with zero attached hydrogens (tertiary/aromatic N) is 2. The second kappa shape index (κ2) is 4.11. The molecule has 1 aromatic rings. The smallest absolute Gasteiger partial charge is 0.192 e. The Kier molecular flexibility index (Phi) is 2.66. The van der Waals surface area contributed by atoms with Crippen LogP contribution in [0.3, 0.4) is 0 Å². The van der Waals surface area contributed by atoms with Gasteiger partial charge in [-0.25, -0.2) is 4.39 Å². The molecule has 0 bridgehead atoms. The van der Waals surface area contributed by atoms with E-state index in [0.29, 0.717) is 29.9 Å². The lowest BCUT2D eigenvalue weighted by molar-refractivity contribution is 0.203. The molecule has 1 aromatic carbocycles. The average Bonchev–Trinajstić information content (AvgIpc) is 3.16. The molecule has 2 N–H and O–H groups in total. The summed E-state index contributed by atoms with van der Waals surface area (Å²) in [6.07, 6.45) is 2.17. The van der Waals surface area contributed by atoms with Crippen molar-refractivity contribution in [3.05, 3.63) is 29.6 Å². The lowest BCUT2D eigenvalue weighted by Gasteiger charge is -2.37. The van der Waals surface area contributed by atoms with E-state index in [2.05, 4.69) is 4.99 Å². The molecule has 4 nitrogen and oxygen atoms in total. The van der Waals surface area contributed by atoms with Crippen molar-refractivity contribution in [1.82, 2.24) is 4.90 Å². The molecule has 0 aromatic heterocycles. The van der Waals surface area contributed by atoms with Gasteiger partial charge in [-0.15, -0.1) is 0 Å². The maximum absolute atomic E-state index is 14.3. The van der Waals surface area contributed by atoms with Gasteiger partial charge in [-0.2, -0.15) is 0 Å². The molecule has 0 amide bonds. The molecule has 5 heteroatoms. The molecule has 3 rings (SSSR count). The van der Waals surface area contributed by atoms with Gasteiger partial charge in [0.05, 0.1) is 24.8 Å². The number of hydrogen-bond donors (Lipinski definition) is 1. The fraction of sp³-hybridized carbons (Fsp3) is 0.500. The van der Waals surface area contributed by atoms with Gasteiger partial charge in [-0.3, -0.25) is 4.99 Å². The number of nitrogens with two attached hydrogens (primary N) is 1. The standard InChI is InChI=1S/C14H18FN3O/c1-14(8-17-13(16)18(14)9-6-7-9)12-10(15)4-3-5-11(12)19-2/h3-5,9H,6-8H2,1-2H3,(H2,16,17). The summed E-state index contributed by atoms with van der Waals surface area (Å²) in [6, 6.07) is 5.27. The maximum Gasteiger partial charge on any atom is 0.192 e. The number of guanidine groups is 1. The van der Waals surface area contributed by atoms with Gasteiger partial charge in [0.1, 0.15) is 11.6 Å². The molecule has 0 spiro atoms. The molecular formula is C14H18FN3O. The van der Waals surface area contributed by atoms with E-state index in [-0.39, 0.29) is 5.82 Å². The van der Waals surface area contributed by atoms with Crippen molar-refractivity contribution in [3.8, 4) is 5.75 Å². The van der Waals surface area contributed by atoms with Gasteiger partial charge in [-0.05, 0) is 31.9 Å². The Bertz CT molecular complexity index is 541. The highest BCUT2D eigenvalue weighted by Gasteiger charge is 2.49. The molecule has 1 heterocycles. The van der Waals surface area contributed by atoms with Crippen LogP contribution in [0.2, 0.25) is 0 Å². The van der Waals surface area contributed by atoms with Crippen molar-refractivity contribution < 1.29 is 9.13 Å². The van der Waals surface area contributed by atoms with Gasteiger partial charge in [-0.1, -0.05) is 6.07 Å². The van der Waals surface area contributed by atoms with Crippen LogP contribution in [0.25, 0.3) is 0 Å². The third-order valence-corrected chi connectivity index (χ3v) is 3.97. The zero-order chi connectivity index (χ0) is 13.6. The first-order valence-corrected chi connectivity index (χ1v) is 6.50. The zero-order valence-electron chi connectivity index (χ0n) is 11.2. The summed E-state index contributed by atoms with van der Waals surface area (Å²) in [6.45, 7) is 2.45. The minimum atomic E-state index is -0.554. The number of rotatable bonds is 3. The largest absolute Gasteiger partial charge is 0.496 e. The van der Waals surface area contributed by atoms with Crippen molar-refractivity contribution in [2.24, 2.45) is 10.7 Å². The SMILES string of the molecule is COc1cccc(F)c1C1(C)CN=C(N)N1C1CC1. The van der Waals surface area contributed by atoms with Crippen LogP contribution in [0.15, 0.2) is 23.2 Å². The van der Waals surface area contributed by atoms with E-state index in [4.69, 9.17) is 10.5 Å². The molecule has 1 saturated carbocycles. The Morgan fingerprint density at radius 3 is 2.84 bits per heavy atom. The molecule has 1 aliphatic heterocycles. The van der Waals surface area contributed by atoms with Crippen LogP contribution in [-0.4, -0.2) is 30.6 Å². The highest BCUT2D eigenvalue weighted by molar-refractivity contribution is 5.82. The molecule has 2 aliphatic rings. The third kappa shape index (κ3) is 1.76. The summed E-state index contributed by atoms with van der Waals surface area (Å²) in [7, 11) is 1.56. The van der Waals surface area contributed by atoms with E-state index in [0.717, 1.165) is 12.8 Å². The second-order valence-electron chi connectivity index (χ2n) is 5.37. The summed E-state index contributed by atoms with van der Waals surface area (Å²) in [4.78, 5) is 6.37. The molecule has 19 heavy (non-hydrogen) atoms. The van der Waals surface area contributed by atoms with Gasteiger partial charge in [0.2, 0.25) is 0 Å². The number of methoxy groups -OCH3 is 1. The highest BCUT2D eigenvalue weighted by Crippen LogP contribution is 2.44. The van der Waals surface area contributed by atoms with Gasteiger partial charge in [0, 0.05) is 6.04 Å². The van der Waals surface area contributed by atoms with E-state index in [1.807, 2.05) is 11.8 Å². The zero-order valence-corrected chi connectivity index (χ0v) is 11.2. The van der Waals surface area contributed by atoms with Crippen molar-refractivity contribution >= 4 is 5.96 Å². The van der Waals surface area contributed by atoms with E-state index in [1.54, 1.807) is 19.2 Å². The fourth-order valence-corrected chi connectivity index (χ4v) is 2.96. The lowest BCUT2D eigenvalue weighted by Crippen LogP contribution is -2.49. The fourth-order valence-electron chi connectivity index (χ4n) is 2.96. The molecule has 0 saturated heterocycles. The number of ether oxygens (including phenoxy) is 1. The maximum atomic E-state index is 14.3. The number of hydrogen-bond acceptors (Lipinski definition) is 4. The quantitative estimate of drug-likeness (QED) is 0.905. The van der Waals surface area contributed by atoms with Crippen molar-refractivity contribution in [2.75, 3.05) is 13.7 Å². The van der Waals surface area contributed by atoms with E-state index in [1.165, 1.54) is 6.07 Å². The summed E-state index contributed by atoms with van der Waals surface area (Å²) >= 11 is 0. The van der Waals surface area contributed by atoms with Gasteiger partial charge >= 0.3 is 0 Å². The molecule has 102 valence electrons. The second-order valence-corrected chi connectivity index (χ2v) is 5.37. The predicted molar refractivity (Wildman–Crippen MR) is 71.7 cm³/mol. The Hall–Kier alpha value is -1.78. The first-order chi connectivity index (χ1) is 9.08. The number of benzene rings is 1. The van der Waals surface area contributed by atoms with E-state index < -0.39 is 5.54 Å². The first kappa shape index (κ1) is 12.3. The minimum absolute atomic E-state index is 0.266. The normalized spacial score (nSPS) is 26.5. The molecule has 0 radical (unpaired) electrons. The van der Waals surface area contributed by atoms with Crippen LogP contribution in [0.4, 0.5) is 4.39 Å². The number of halogens is 1. The Morgan fingerprint density at radius 1 is 1.47 bits per heavy atom. The van der Waals surface area contributed by atoms with Crippen LogP contribution in [0, 0.1) is 5.82 Å². The van der Waals surface area contributed by atoms with Crippen LogP contribution >= 0.6 is 0 Å². The van der Waals surface area contributed by atoms with Crippen LogP contribution in [0.5, 0.6) is 5.75 Å². The van der Waals surface area contributed by atoms with E-state index in [9.17, 15) is 4.39 Å². The van der Waals surface area contributed by atoms with Crippen LogP contribution in [0.1, 0.15) is 25.3 Å². The Balaban J connectivity index is 2.10. The van der Waals surface area contributed by atoms with Crippen LogP contribution < -0.4 is 10.5 Å². The van der Waals surface area contributed by atoms with Gasteiger partial charge < -0.3 is 15.4 Å². The Labute approximate surface area is 112 Å². The Morgan fingerprint density at radius 2 is 2.21 bits per heavy atom. The summed E-state index contributed by atoms with van der Waals surface area (Å²) in [5, 5.41) is 0. The molecule has 1 unspecified atom stereocenters. The van der Waals surface area contributed by atoms with Gasteiger partial charge in [0.25, 0.3) is 0 Å². The monoisotopic (exact) mass is 263 g/mol. The van der Waals surface area contributed by atoms with E-state index >= 15 is 0 Å². The third-order valence-electron chi connectivity index (χ3n) is 3.97. The average molecular weight is 263 g/mol. The van der Waals surface area contributed by atoms with Crippen molar-refractivity contribution in [2.45, 2.75) is 31.3 Å². The summed E-state index contributed by atoms with van der Waals surface area (Å²) < 4.78 is 19.6. The van der Waals surface area contributed by atoms with Crippen LogP contribution in [-0.2, 0) is 5.54 Å². The summed E-state index contributed by atoms with van der Waals surface area (Å²) in [5.41, 5.74) is 5.98. The lowest BCUT2D eigenvalue weighted by atomic mass is 9.89. The van der Waals surface area contributed by atoms with Crippen molar-refractivity contribution in [1.29, 1.82) is 0 Å². The molecule has 1 atom stereocenters. The highest BCUT2D eigenvalue weighted by atomic mass is 19.1.